The van der Waals surface area contributed by atoms with Crippen molar-refractivity contribution in [3.05, 3.63) is 58.7 Å². The molecule has 3 rings (SSSR count). The first kappa shape index (κ1) is 23.0. The van der Waals surface area contributed by atoms with Crippen LogP contribution in [0.5, 0.6) is 0 Å². The van der Waals surface area contributed by atoms with Gasteiger partial charge >= 0.3 is 0 Å². The van der Waals surface area contributed by atoms with E-state index in [1.54, 1.807) is 12.1 Å². The number of nitrogens with zero attached hydrogens (tertiary/aromatic N) is 2. The molecule has 2 heterocycles. The normalized spacial score (nSPS) is 21.7. The molecule has 0 spiro atoms. The predicted octanol–water partition coefficient (Wildman–Crippen LogP) is 3.11. The molecule has 164 valence electrons. The van der Waals surface area contributed by atoms with Gasteiger partial charge in [-0.2, -0.15) is 0 Å². The van der Waals surface area contributed by atoms with Gasteiger partial charge in [0.05, 0.1) is 25.0 Å². The van der Waals surface area contributed by atoms with E-state index in [0.717, 1.165) is 11.8 Å². The van der Waals surface area contributed by atoms with E-state index in [-0.39, 0.29) is 17.6 Å². The van der Waals surface area contributed by atoms with Gasteiger partial charge in [-0.25, -0.2) is 13.4 Å². The fourth-order valence-corrected chi connectivity index (χ4v) is 4.75. The van der Waals surface area contributed by atoms with Gasteiger partial charge in [0.1, 0.15) is 11.0 Å². The summed E-state index contributed by atoms with van der Waals surface area (Å²) in [7, 11) is -3.47. The number of benzene rings is 1. The van der Waals surface area contributed by atoms with Crippen LogP contribution in [-0.4, -0.2) is 44.6 Å². The summed E-state index contributed by atoms with van der Waals surface area (Å²) in [5.74, 6) is 0.279. The zero-order chi connectivity index (χ0) is 21.8. The van der Waals surface area contributed by atoms with Crippen LogP contribution in [0.15, 0.2) is 42.5 Å². The molecule has 1 saturated heterocycles. The van der Waals surface area contributed by atoms with Gasteiger partial charge in [0.2, 0.25) is 10.0 Å². The first-order valence-electron chi connectivity index (χ1n) is 9.91. The average molecular weight is 454 g/mol. The highest BCUT2D eigenvalue weighted by Gasteiger charge is 2.41. The van der Waals surface area contributed by atoms with E-state index < -0.39 is 21.9 Å². The fraction of sp³-hybridized carbons (Fsp3) is 0.476. The minimum Gasteiger partial charge on any atom is -0.351 e. The summed E-state index contributed by atoms with van der Waals surface area (Å²) in [6.45, 7) is 2.92. The number of nitrogens with two attached hydrogens (primary N) is 1. The van der Waals surface area contributed by atoms with Crippen molar-refractivity contribution in [1.82, 2.24) is 4.98 Å². The number of halogens is 1. The first-order chi connectivity index (χ1) is 14.2. The molecule has 1 aromatic carbocycles. The summed E-state index contributed by atoms with van der Waals surface area (Å²) in [6.07, 6.45) is 2.56. The SMILES string of the molecule is CCCN(c1cc(COC2OCCC2(N)Cc2ccccc2)cc(Cl)n1)S(C)(=O)=O. The second-order valence-corrected chi connectivity index (χ2v) is 9.94. The molecule has 7 nitrogen and oxygen atoms in total. The van der Waals surface area contributed by atoms with Gasteiger partial charge in [-0.05, 0) is 42.5 Å². The second kappa shape index (κ2) is 9.62. The molecule has 1 aliphatic heterocycles. The first-order valence-corrected chi connectivity index (χ1v) is 12.1. The maximum atomic E-state index is 12.1. The maximum Gasteiger partial charge on any atom is 0.233 e. The van der Waals surface area contributed by atoms with Crippen molar-refractivity contribution in [3.8, 4) is 0 Å². The van der Waals surface area contributed by atoms with E-state index in [4.69, 9.17) is 26.8 Å². The molecule has 1 aromatic heterocycles. The Bertz CT molecular complexity index is 958. The average Bonchev–Trinajstić information content (AvgIpc) is 3.04. The number of sulfonamides is 1. The molecule has 0 amide bonds. The minimum absolute atomic E-state index is 0.178. The third kappa shape index (κ3) is 5.70. The Morgan fingerprint density at radius 1 is 1.30 bits per heavy atom. The number of hydrogen-bond donors (Lipinski definition) is 1. The van der Waals surface area contributed by atoms with Gasteiger partial charge in [0.15, 0.2) is 6.29 Å². The highest BCUT2D eigenvalue weighted by Crippen LogP contribution is 2.30. The summed E-state index contributed by atoms with van der Waals surface area (Å²) in [6, 6.07) is 13.3. The summed E-state index contributed by atoms with van der Waals surface area (Å²) < 4.78 is 37.3. The Hall–Kier alpha value is -1.71. The lowest BCUT2D eigenvalue weighted by molar-refractivity contribution is -0.145. The van der Waals surface area contributed by atoms with E-state index >= 15 is 0 Å². The summed E-state index contributed by atoms with van der Waals surface area (Å²) >= 11 is 6.16. The van der Waals surface area contributed by atoms with E-state index in [1.165, 1.54) is 4.31 Å². The number of anilines is 1. The van der Waals surface area contributed by atoms with Crippen LogP contribution in [0.1, 0.15) is 30.9 Å². The lowest BCUT2D eigenvalue weighted by Gasteiger charge is -2.30. The number of rotatable bonds is 9. The van der Waals surface area contributed by atoms with Crippen LogP contribution in [0.2, 0.25) is 5.15 Å². The monoisotopic (exact) mass is 453 g/mol. The molecule has 2 N–H and O–H groups in total. The third-order valence-electron chi connectivity index (χ3n) is 5.01. The molecule has 0 bridgehead atoms. The molecule has 0 saturated carbocycles. The third-order valence-corrected chi connectivity index (χ3v) is 6.37. The van der Waals surface area contributed by atoms with Gasteiger partial charge in [-0.1, -0.05) is 48.9 Å². The van der Waals surface area contributed by atoms with Crippen LogP contribution in [-0.2, 0) is 32.5 Å². The van der Waals surface area contributed by atoms with Crippen molar-refractivity contribution in [1.29, 1.82) is 0 Å². The van der Waals surface area contributed by atoms with Crippen LogP contribution in [0, 0.1) is 0 Å². The molecule has 0 aliphatic carbocycles. The highest BCUT2D eigenvalue weighted by molar-refractivity contribution is 7.92. The Balaban J connectivity index is 1.74. The number of hydrogen-bond acceptors (Lipinski definition) is 6. The fourth-order valence-electron chi connectivity index (χ4n) is 3.57. The van der Waals surface area contributed by atoms with E-state index in [2.05, 4.69) is 4.98 Å². The van der Waals surface area contributed by atoms with Crippen molar-refractivity contribution >= 4 is 27.4 Å². The van der Waals surface area contributed by atoms with Crippen LogP contribution in [0.3, 0.4) is 0 Å². The predicted molar refractivity (Wildman–Crippen MR) is 118 cm³/mol. The lowest BCUT2D eigenvalue weighted by atomic mass is 9.90. The maximum absolute atomic E-state index is 12.1. The molecule has 30 heavy (non-hydrogen) atoms. The van der Waals surface area contributed by atoms with Crippen LogP contribution >= 0.6 is 11.6 Å². The van der Waals surface area contributed by atoms with Gasteiger partial charge in [-0.3, -0.25) is 4.31 Å². The molecular formula is C21H28ClN3O4S. The molecule has 9 heteroatoms. The standard InChI is InChI=1S/C21H28ClN3O4S/c1-3-10-25(30(2,26)27)19-13-17(12-18(22)24-19)15-29-20-21(23,9-11-28-20)14-16-7-5-4-6-8-16/h4-8,12-13,20H,3,9-11,14-15,23H2,1-2H3. The Morgan fingerprint density at radius 3 is 2.70 bits per heavy atom. The zero-order valence-electron chi connectivity index (χ0n) is 17.3. The number of ether oxygens (including phenoxy) is 2. The Morgan fingerprint density at radius 2 is 2.03 bits per heavy atom. The van der Waals surface area contributed by atoms with Crippen molar-refractivity contribution in [2.24, 2.45) is 5.73 Å². The molecule has 0 radical (unpaired) electrons. The van der Waals surface area contributed by atoms with E-state index in [0.29, 0.717) is 38.0 Å². The van der Waals surface area contributed by atoms with Gasteiger partial charge in [0, 0.05) is 6.54 Å². The Kier molecular flexibility index (Phi) is 7.36. The summed E-state index contributed by atoms with van der Waals surface area (Å²) in [4.78, 5) is 4.18. The van der Waals surface area contributed by atoms with Gasteiger partial charge in [0.25, 0.3) is 0 Å². The van der Waals surface area contributed by atoms with Crippen LogP contribution in [0.25, 0.3) is 0 Å². The zero-order valence-corrected chi connectivity index (χ0v) is 18.8. The van der Waals surface area contributed by atoms with Crippen molar-refractivity contribution in [2.45, 2.75) is 44.6 Å². The van der Waals surface area contributed by atoms with Crippen LogP contribution < -0.4 is 10.0 Å². The van der Waals surface area contributed by atoms with E-state index in [9.17, 15) is 8.42 Å². The molecular weight excluding hydrogens is 426 g/mol. The molecule has 2 aromatic rings. The smallest absolute Gasteiger partial charge is 0.233 e. The number of pyridine rings is 1. The Labute approximate surface area is 183 Å². The van der Waals surface area contributed by atoms with Crippen molar-refractivity contribution < 1.29 is 17.9 Å². The van der Waals surface area contributed by atoms with E-state index in [1.807, 2.05) is 37.3 Å². The van der Waals surface area contributed by atoms with Gasteiger partial charge in [-0.15, -0.1) is 0 Å². The molecule has 2 unspecified atom stereocenters. The van der Waals surface area contributed by atoms with Crippen molar-refractivity contribution in [2.75, 3.05) is 23.7 Å². The highest BCUT2D eigenvalue weighted by atomic mass is 35.5. The topological polar surface area (TPSA) is 94.8 Å². The van der Waals surface area contributed by atoms with Gasteiger partial charge < -0.3 is 15.2 Å². The largest absolute Gasteiger partial charge is 0.351 e. The summed E-state index contributed by atoms with van der Waals surface area (Å²) in [5, 5.41) is 0.200. The minimum atomic E-state index is -3.47. The van der Waals surface area contributed by atoms with Crippen molar-refractivity contribution in [3.63, 3.8) is 0 Å². The molecule has 1 aliphatic rings. The molecule has 1 fully saturated rings. The van der Waals surface area contributed by atoms with Crippen LogP contribution in [0.4, 0.5) is 5.82 Å². The molecule has 2 atom stereocenters. The lowest BCUT2D eigenvalue weighted by Crippen LogP contribution is -2.50. The summed E-state index contributed by atoms with van der Waals surface area (Å²) in [5.41, 5.74) is 7.81. The number of aromatic nitrogens is 1. The second-order valence-electron chi connectivity index (χ2n) is 7.65. The quantitative estimate of drug-likeness (QED) is 0.586.